The van der Waals surface area contributed by atoms with Gasteiger partial charge in [-0.3, -0.25) is 0 Å². The minimum absolute atomic E-state index is 0.0433. The number of aromatic nitrogens is 2. The fourth-order valence-corrected chi connectivity index (χ4v) is 2.28. The molecule has 1 aromatic heterocycles. The number of benzene rings is 1. The van der Waals surface area contributed by atoms with E-state index in [2.05, 4.69) is 24.1 Å². The Balaban J connectivity index is 1.94. The Bertz CT molecular complexity index is 549. The van der Waals surface area contributed by atoms with Gasteiger partial charge in [-0.15, -0.1) is 0 Å². The molecule has 0 amide bonds. The van der Waals surface area contributed by atoms with E-state index in [1.165, 1.54) is 12.8 Å². The zero-order chi connectivity index (χ0) is 15.6. The SMILES string of the molecule is CCCCCOC(/C=C/c1ccc(Cl)cc1)Cn1ccnc1. The van der Waals surface area contributed by atoms with Crippen LogP contribution in [0.15, 0.2) is 49.1 Å². The van der Waals surface area contributed by atoms with Gasteiger partial charge in [-0.25, -0.2) is 4.98 Å². The van der Waals surface area contributed by atoms with E-state index in [9.17, 15) is 0 Å². The zero-order valence-electron chi connectivity index (χ0n) is 13.0. The number of unbranched alkanes of at least 4 members (excludes halogenated alkanes) is 2. The number of ether oxygens (including phenoxy) is 1. The summed E-state index contributed by atoms with van der Waals surface area (Å²) in [4.78, 5) is 4.08. The molecule has 4 heteroatoms. The highest BCUT2D eigenvalue weighted by Gasteiger charge is 2.06. The second kappa shape index (κ2) is 9.44. The quantitative estimate of drug-likeness (QED) is 0.619. The van der Waals surface area contributed by atoms with Crippen molar-refractivity contribution in [3.05, 3.63) is 59.6 Å². The summed E-state index contributed by atoms with van der Waals surface area (Å²) in [5.41, 5.74) is 1.12. The first-order valence-corrected chi connectivity index (χ1v) is 8.17. The summed E-state index contributed by atoms with van der Waals surface area (Å²) >= 11 is 5.91. The summed E-state index contributed by atoms with van der Waals surface area (Å²) in [6.45, 7) is 3.76. The van der Waals surface area contributed by atoms with Gasteiger partial charge in [0, 0.05) is 24.0 Å². The fraction of sp³-hybridized carbons (Fsp3) is 0.389. The van der Waals surface area contributed by atoms with E-state index in [-0.39, 0.29) is 6.10 Å². The molecule has 0 aliphatic rings. The first-order chi connectivity index (χ1) is 10.8. The third-order valence-corrected chi connectivity index (χ3v) is 3.66. The second-order valence-corrected chi connectivity index (χ2v) is 5.72. The Morgan fingerprint density at radius 2 is 2.09 bits per heavy atom. The third kappa shape index (κ3) is 6.04. The van der Waals surface area contributed by atoms with E-state index in [4.69, 9.17) is 16.3 Å². The highest BCUT2D eigenvalue weighted by molar-refractivity contribution is 6.30. The summed E-state index contributed by atoms with van der Waals surface area (Å²) in [5, 5.41) is 0.753. The number of hydrogen-bond donors (Lipinski definition) is 0. The van der Waals surface area contributed by atoms with Gasteiger partial charge in [0.2, 0.25) is 0 Å². The zero-order valence-corrected chi connectivity index (χ0v) is 13.7. The van der Waals surface area contributed by atoms with Crippen molar-refractivity contribution in [2.45, 2.75) is 38.8 Å². The molecule has 0 spiro atoms. The van der Waals surface area contributed by atoms with Crippen LogP contribution in [0, 0.1) is 0 Å². The molecule has 2 rings (SSSR count). The van der Waals surface area contributed by atoms with Crippen LogP contribution in [0.3, 0.4) is 0 Å². The van der Waals surface area contributed by atoms with Gasteiger partial charge in [0.25, 0.3) is 0 Å². The number of nitrogens with zero attached hydrogens (tertiary/aromatic N) is 2. The molecule has 0 bridgehead atoms. The largest absolute Gasteiger partial charge is 0.372 e. The van der Waals surface area contributed by atoms with E-state index in [0.29, 0.717) is 0 Å². The molecule has 2 aromatic rings. The van der Waals surface area contributed by atoms with Crippen LogP contribution in [-0.2, 0) is 11.3 Å². The van der Waals surface area contributed by atoms with E-state index in [1.807, 2.05) is 41.4 Å². The Morgan fingerprint density at radius 1 is 1.27 bits per heavy atom. The lowest BCUT2D eigenvalue weighted by Crippen LogP contribution is -2.17. The van der Waals surface area contributed by atoms with Gasteiger partial charge < -0.3 is 9.30 Å². The molecule has 118 valence electrons. The van der Waals surface area contributed by atoms with Gasteiger partial charge in [0.1, 0.15) is 0 Å². The van der Waals surface area contributed by atoms with Gasteiger partial charge in [0.15, 0.2) is 0 Å². The predicted octanol–water partition coefficient (Wildman–Crippen LogP) is 4.83. The maximum Gasteiger partial charge on any atom is 0.0946 e. The molecule has 1 atom stereocenters. The number of rotatable bonds is 9. The van der Waals surface area contributed by atoms with Crippen LogP contribution in [0.25, 0.3) is 6.08 Å². The maximum atomic E-state index is 6.00. The van der Waals surface area contributed by atoms with Crippen LogP contribution in [0.2, 0.25) is 5.02 Å². The highest BCUT2D eigenvalue weighted by Crippen LogP contribution is 2.12. The molecule has 22 heavy (non-hydrogen) atoms. The van der Waals surface area contributed by atoms with E-state index in [1.54, 1.807) is 6.20 Å². The summed E-state index contributed by atoms with van der Waals surface area (Å²) in [6, 6.07) is 7.80. The Kier molecular flexibility index (Phi) is 7.20. The molecule has 3 nitrogen and oxygen atoms in total. The van der Waals surface area contributed by atoms with Crippen LogP contribution >= 0.6 is 11.6 Å². The molecule has 0 radical (unpaired) electrons. The topological polar surface area (TPSA) is 27.1 Å². The molecule has 0 saturated heterocycles. The van der Waals surface area contributed by atoms with Crippen molar-refractivity contribution in [3.63, 3.8) is 0 Å². The minimum atomic E-state index is 0.0433. The van der Waals surface area contributed by atoms with Gasteiger partial charge >= 0.3 is 0 Å². The number of imidazole rings is 1. The molecule has 0 fully saturated rings. The molecular formula is C18H23ClN2O. The Morgan fingerprint density at radius 3 is 2.77 bits per heavy atom. The van der Waals surface area contributed by atoms with Gasteiger partial charge in [-0.2, -0.15) is 0 Å². The van der Waals surface area contributed by atoms with Crippen LogP contribution in [0.4, 0.5) is 0 Å². The summed E-state index contributed by atoms with van der Waals surface area (Å²) in [5.74, 6) is 0. The van der Waals surface area contributed by atoms with Crippen LogP contribution < -0.4 is 0 Å². The molecule has 0 aliphatic carbocycles. The van der Waals surface area contributed by atoms with Crippen molar-refractivity contribution >= 4 is 17.7 Å². The first-order valence-electron chi connectivity index (χ1n) is 7.79. The lowest BCUT2D eigenvalue weighted by molar-refractivity contribution is 0.0712. The van der Waals surface area contributed by atoms with Crippen LogP contribution in [0.1, 0.15) is 31.7 Å². The Hall–Kier alpha value is -1.58. The lowest BCUT2D eigenvalue weighted by atomic mass is 10.2. The first kappa shape index (κ1) is 16.8. The standard InChI is InChI=1S/C18H23ClN2O/c1-2-3-4-13-22-18(14-21-12-11-20-15-21)10-7-16-5-8-17(19)9-6-16/h5-12,15,18H,2-4,13-14H2,1H3/b10-7+. The van der Waals surface area contributed by atoms with Gasteiger partial charge in [-0.05, 0) is 24.1 Å². The summed E-state index contributed by atoms with van der Waals surface area (Å²) < 4.78 is 8.04. The molecule has 1 heterocycles. The molecule has 0 N–H and O–H groups in total. The van der Waals surface area contributed by atoms with Crippen molar-refractivity contribution < 1.29 is 4.74 Å². The maximum absolute atomic E-state index is 6.00. The number of halogens is 1. The van der Waals surface area contributed by atoms with Crippen LogP contribution in [-0.4, -0.2) is 22.3 Å². The average Bonchev–Trinajstić information content (AvgIpc) is 3.03. The summed E-state index contributed by atoms with van der Waals surface area (Å²) in [6.07, 6.45) is 13.3. The molecule has 1 unspecified atom stereocenters. The molecule has 0 aliphatic heterocycles. The fourth-order valence-electron chi connectivity index (χ4n) is 2.15. The summed E-state index contributed by atoms with van der Waals surface area (Å²) in [7, 11) is 0. The van der Waals surface area contributed by atoms with E-state index >= 15 is 0 Å². The molecular weight excluding hydrogens is 296 g/mol. The predicted molar refractivity (Wildman–Crippen MR) is 92.0 cm³/mol. The van der Waals surface area contributed by atoms with Crippen molar-refractivity contribution in [1.82, 2.24) is 9.55 Å². The average molecular weight is 319 g/mol. The Labute approximate surface area is 137 Å². The van der Waals surface area contributed by atoms with Crippen molar-refractivity contribution in [1.29, 1.82) is 0 Å². The smallest absolute Gasteiger partial charge is 0.0946 e. The minimum Gasteiger partial charge on any atom is -0.372 e. The van der Waals surface area contributed by atoms with E-state index in [0.717, 1.165) is 30.2 Å². The normalized spacial score (nSPS) is 12.8. The highest BCUT2D eigenvalue weighted by atomic mass is 35.5. The van der Waals surface area contributed by atoms with Crippen molar-refractivity contribution in [2.24, 2.45) is 0 Å². The molecule has 0 saturated carbocycles. The monoisotopic (exact) mass is 318 g/mol. The van der Waals surface area contributed by atoms with Gasteiger partial charge in [0.05, 0.1) is 19.0 Å². The second-order valence-electron chi connectivity index (χ2n) is 5.29. The van der Waals surface area contributed by atoms with Gasteiger partial charge in [-0.1, -0.05) is 55.7 Å². The van der Waals surface area contributed by atoms with Crippen LogP contribution in [0.5, 0.6) is 0 Å². The van der Waals surface area contributed by atoms with E-state index < -0.39 is 0 Å². The number of hydrogen-bond acceptors (Lipinski definition) is 2. The van der Waals surface area contributed by atoms with Crippen molar-refractivity contribution in [2.75, 3.05) is 6.61 Å². The van der Waals surface area contributed by atoms with Crippen molar-refractivity contribution in [3.8, 4) is 0 Å². The molecule has 1 aromatic carbocycles. The lowest BCUT2D eigenvalue weighted by Gasteiger charge is -2.15. The third-order valence-electron chi connectivity index (χ3n) is 3.40.